The number of anilines is 2. The van der Waals surface area contributed by atoms with Crippen molar-refractivity contribution in [3.8, 4) is 6.07 Å². The molecule has 2 unspecified atom stereocenters. The van der Waals surface area contributed by atoms with Crippen LogP contribution < -0.4 is 4.90 Å². The van der Waals surface area contributed by atoms with Crippen molar-refractivity contribution in [3.05, 3.63) is 131 Å². The summed E-state index contributed by atoms with van der Waals surface area (Å²) in [6, 6.07) is 29.7. The molecule has 9 rings (SSSR count). The number of aryl methyl sites for hydroxylation is 1. The summed E-state index contributed by atoms with van der Waals surface area (Å²) in [4.78, 5) is 2.52. The maximum Gasteiger partial charge on any atom is 0.136 e. The third kappa shape index (κ3) is 3.15. The molecule has 0 saturated carbocycles. The summed E-state index contributed by atoms with van der Waals surface area (Å²) in [5.41, 5.74) is 10.6. The van der Waals surface area contributed by atoms with Crippen molar-refractivity contribution in [3.63, 3.8) is 0 Å². The summed E-state index contributed by atoms with van der Waals surface area (Å²) in [5, 5.41) is 12.6. The average Bonchev–Trinajstić information content (AvgIpc) is 3.69. The number of hydrogen-bond acceptors (Lipinski definition) is 4. The van der Waals surface area contributed by atoms with E-state index < -0.39 is 0 Å². The summed E-state index contributed by atoms with van der Waals surface area (Å²) in [7, 11) is 0. The minimum atomic E-state index is 0.249. The number of nitrogens with zero attached hydrogens (tertiary/aromatic N) is 2. The monoisotopic (exact) mass is 528 g/mol. The molecule has 6 aromatic rings. The van der Waals surface area contributed by atoms with Gasteiger partial charge in [-0.3, -0.25) is 0 Å². The molecule has 0 amide bonds. The zero-order chi connectivity index (χ0) is 27.1. The fraction of sp³-hybridized carbons (Fsp3) is 0.108. The summed E-state index contributed by atoms with van der Waals surface area (Å²) < 4.78 is 12.6. The quantitative estimate of drug-likeness (QED) is 0.225. The van der Waals surface area contributed by atoms with Crippen molar-refractivity contribution >= 4 is 55.9 Å². The van der Waals surface area contributed by atoms with Crippen LogP contribution in [-0.2, 0) is 6.42 Å². The third-order valence-electron chi connectivity index (χ3n) is 8.94. The predicted octanol–water partition coefficient (Wildman–Crippen LogP) is 9.42. The lowest BCUT2D eigenvalue weighted by Gasteiger charge is -2.31. The van der Waals surface area contributed by atoms with Gasteiger partial charge in [-0.25, -0.2) is 0 Å². The first-order valence-corrected chi connectivity index (χ1v) is 14.1. The second-order valence-electron chi connectivity index (χ2n) is 11.1. The smallest absolute Gasteiger partial charge is 0.136 e. The van der Waals surface area contributed by atoms with Crippen molar-refractivity contribution < 1.29 is 8.83 Å². The SMILES string of the molecule is N#Cc1ccc2oc3ccc4oc5c(c4c3c2c1)C=C(c1ccccc1N1c2ccccc2C2C=CC=CC21)CC5. The molecule has 4 aromatic carbocycles. The van der Waals surface area contributed by atoms with Gasteiger partial charge in [-0.15, -0.1) is 0 Å². The topological polar surface area (TPSA) is 53.3 Å². The van der Waals surface area contributed by atoms with E-state index in [1.165, 1.54) is 28.1 Å². The molecule has 41 heavy (non-hydrogen) atoms. The van der Waals surface area contributed by atoms with Crippen LogP contribution in [0.4, 0.5) is 11.4 Å². The van der Waals surface area contributed by atoms with E-state index in [0.29, 0.717) is 11.5 Å². The predicted molar refractivity (Wildman–Crippen MR) is 164 cm³/mol. The Kier molecular flexibility index (Phi) is 4.60. The van der Waals surface area contributed by atoms with E-state index in [0.717, 1.165) is 57.1 Å². The van der Waals surface area contributed by atoms with E-state index in [-0.39, 0.29) is 6.04 Å². The summed E-state index contributed by atoms with van der Waals surface area (Å²) in [5.74, 6) is 1.35. The van der Waals surface area contributed by atoms with Crippen molar-refractivity contribution in [1.82, 2.24) is 0 Å². The number of para-hydroxylation sites is 2. The largest absolute Gasteiger partial charge is 0.460 e. The van der Waals surface area contributed by atoms with Crippen molar-refractivity contribution in [2.24, 2.45) is 0 Å². The molecular weight excluding hydrogens is 504 g/mol. The number of benzene rings is 4. The molecular formula is C37H24N2O2. The van der Waals surface area contributed by atoms with E-state index in [4.69, 9.17) is 8.83 Å². The van der Waals surface area contributed by atoms with Crippen LogP contribution in [0.5, 0.6) is 0 Å². The molecule has 1 aliphatic heterocycles. The lowest BCUT2D eigenvalue weighted by atomic mass is 9.89. The molecule has 2 aliphatic carbocycles. The number of hydrogen-bond donors (Lipinski definition) is 0. The van der Waals surface area contributed by atoms with Crippen LogP contribution in [-0.4, -0.2) is 6.04 Å². The van der Waals surface area contributed by atoms with Crippen LogP contribution in [0.2, 0.25) is 0 Å². The number of nitriles is 1. The van der Waals surface area contributed by atoms with Crippen LogP contribution >= 0.6 is 0 Å². The van der Waals surface area contributed by atoms with E-state index in [9.17, 15) is 5.26 Å². The molecule has 3 heterocycles. The van der Waals surface area contributed by atoms with Crippen molar-refractivity contribution in [2.75, 3.05) is 4.90 Å². The maximum atomic E-state index is 9.56. The molecule has 0 spiro atoms. The third-order valence-corrected chi connectivity index (χ3v) is 8.94. The van der Waals surface area contributed by atoms with E-state index in [2.05, 4.69) is 89.9 Å². The Morgan fingerprint density at radius 3 is 2.44 bits per heavy atom. The second kappa shape index (κ2) is 8.36. The highest BCUT2D eigenvalue weighted by Crippen LogP contribution is 2.50. The van der Waals surface area contributed by atoms with Crippen LogP contribution in [0.15, 0.2) is 112 Å². The van der Waals surface area contributed by atoms with Gasteiger partial charge in [0.15, 0.2) is 0 Å². The molecule has 2 aromatic heterocycles. The van der Waals surface area contributed by atoms with Gasteiger partial charge < -0.3 is 13.7 Å². The van der Waals surface area contributed by atoms with Gasteiger partial charge in [-0.1, -0.05) is 60.7 Å². The number of fused-ring (bicyclic) bond motifs is 10. The van der Waals surface area contributed by atoms with Crippen LogP contribution in [0.3, 0.4) is 0 Å². The minimum Gasteiger partial charge on any atom is -0.460 e. The van der Waals surface area contributed by atoms with E-state index >= 15 is 0 Å². The zero-order valence-corrected chi connectivity index (χ0v) is 22.2. The molecule has 0 bridgehead atoms. The highest BCUT2D eigenvalue weighted by Gasteiger charge is 2.38. The Morgan fingerprint density at radius 1 is 0.756 bits per heavy atom. The number of allylic oxidation sites excluding steroid dienone is 3. The van der Waals surface area contributed by atoms with Gasteiger partial charge in [-0.05, 0) is 66.1 Å². The Bertz CT molecular complexity index is 2200. The van der Waals surface area contributed by atoms with Gasteiger partial charge >= 0.3 is 0 Å². The lowest BCUT2D eigenvalue weighted by Crippen LogP contribution is -2.29. The zero-order valence-electron chi connectivity index (χ0n) is 22.2. The first kappa shape index (κ1) is 22.5. The normalized spacial score (nSPS) is 18.9. The first-order valence-electron chi connectivity index (χ1n) is 14.1. The van der Waals surface area contributed by atoms with E-state index in [1.54, 1.807) is 6.07 Å². The molecule has 194 valence electrons. The average molecular weight is 529 g/mol. The first-order chi connectivity index (χ1) is 20.3. The van der Waals surface area contributed by atoms with Crippen LogP contribution in [0, 0.1) is 11.3 Å². The van der Waals surface area contributed by atoms with Gasteiger partial charge in [0.05, 0.1) is 17.7 Å². The number of furan rings is 2. The summed E-state index contributed by atoms with van der Waals surface area (Å²) in [6.45, 7) is 0. The van der Waals surface area contributed by atoms with Gasteiger partial charge in [0, 0.05) is 51.0 Å². The molecule has 0 saturated heterocycles. The van der Waals surface area contributed by atoms with Gasteiger partial charge in [0.2, 0.25) is 0 Å². The summed E-state index contributed by atoms with van der Waals surface area (Å²) >= 11 is 0. The Hall–Kier alpha value is -5.27. The Morgan fingerprint density at radius 2 is 1.54 bits per heavy atom. The van der Waals surface area contributed by atoms with Crippen molar-refractivity contribution in [2.45, 2.75) is 24.8 Å². The fourth-order valence-electron chi connectivity index (χ4n) is 7.17. The second-order valence-corrected chi connectivity index (χ2v) is 11.1. The molecule has 0 N–H and O–H groups in total. The Labute approximate surface area is 236 Å². The van der Waals surface area contributed by atoms with Gasteiger partial charge in [-0.2, -0.15) is 5.26 Å². The highest BCUT2D eigenvalue weighted by molar-refractivity contribution is 6.21. The highest BCUT2D eigenvalue weighted by atomic mass is 16.3. The molecule has 3 aliphatic rings. The van der Waals surface area contributed by atoms with Gasteiger partial charge in [0.1, 0.15) is 22.5 Å². The number of rotatable bonds is 2. The van der Waals surface area contributed by atoms with Crippen molar-refractivity contribution in [1.29, 1.82) is 5.26 Å². The Balaban J connectivity index is 1.25. The molecule has 2 atom stereocenters. The standard InChI is InChI=1S/C37H24N2O2/c38-21-22-13-15-32-27(19-22)36-34(40-32)17-18-35-37(36)28-20-23(14-16-33(28)41-35)24-7-1-4-10-29(24)39-30-11-5-2-8-25(30)26-9-3-6-12-31(26)39/h1-13,15,17-20,25,30H,14,16H2. The fourth-order valence-corrected chi connectivity index (χ4v) is 7.17. The molecule has 4 heteroatoms. The molecule has 0 radical (unpaired) electrons. The lowest BCUT2D eigenvalue weighted by molar-refractivity contribution is 0.547. The molecule has 0 fully saturated rings. The van der Waals surface area contributed by atoms with Crippen LogP contribution in [0.1, 0.15) is 40.4 Å². The van der Waals surface area contributed by atoms with Gasteiger partial charge in [0.25, 0.3) is 0 Å². The van der Waals surface area contributed by atoms with Crippen LogP contribution in [0.25, 0.3) is 44.6 Å². The minimum absolute atomic E-state index is 0.249. The maximum absolute atomic E-state index is 9.56. The van der Waals surface area contributed by atoms with E-state index in [1.807, 2.05) is 24.3 Å². The summed E-state index contributed by atoms with van der Waals surface area (Å²) in [6.07, 6.45) is 13.1. The molecule has 4 nitrogen and oxygen atoms in total.